The number of unbranched alkanes of at least 4 members (excludes halogenated alkanes) is 1. The summed E-state index contributed by atoms with van der Waals surface area (Å²) in [6, 6.07) is 8.07. The Bertz CT molecular complexity index is 1030. The molecule has 2 fully saturated rings. The van der Waals surface area contributed by atoms with E-state index in [2.05, 4.69) is 24.4 Å². The molecule has 0 radical (unpaired) electrons. The maximum atomic E-state index is 13.1. The summed E-state index contributed by atoms with van der Waals surface area (Å²) in [7, 11) is 0. The topological polar surface area (TPSA) is 102 Å². The van der Waals surface area contributed by atoms with Gasteiger partial charge in [-0.1, -0.05) is 37.6 Å². The fourth-order valence-corrected chi connectivity index (χ4v) is 5.78. The highest BCUT2D eigenvalue weighted by molar-refractivity contribution is 7.15. The highest BCUT2D eigenvalue weighted by atomic mass is 32.1. The lowest BCUT2D eigenvalue weighted by Crippen LogP contribution is -2.41. The minimum absolute atomic E-state index is 0.207. The number of fused-ring (bicyclic) bond motifs is 2. The van der Waals surface area contributed by atoms with Crippen LogP contribution in [0.3, 0.4) is 0 Å². The number of rotatable bonds is 9. The molecule has 2 N–H and O–H groups in total. The molecule has 2 aliphatic rings. The van der Waals surface area contributed by atoms with Crippen molar-refractivity contribution in [2.45, 2.75) is 58.2 Å². The van der Waals surface area contributed by atoms with Gasteiger partial charge in [0.15, 0.2) is 0 Å². The second-order valence-corrected chi connectivity index (χ2v) is 9.42. The summed E-state index contributed by atoms with van der Waals surface area (Å²) in [5.74, 6) is -3.62. The Kier molecular flexibility index (Phi) is 7.14. The van der Waals surface area contributed by atoms with E-state index in [-0.39, 0.29) is 6.61 Å². The smallest absolute Gasteiger partial charge is 0.341 e. The summed E-state index contributed by atoms with van der Waals surface area (Å²) < 4.78 is 11.0. The molecule has 1 amide bonds. The molecule has 0 aliphatic carbocycles. The second kappa shape index (κ2) is 10.1. The summed E-state index contributed by atoms with van der Waals surface area (Å²) in [5.41, 5.74) is 3.09. The van der Waals surface area contributed by atoms with Gasteiger partial charge in [0.25, 0.3) is 0 Å². The number of hydrogen-bond acceptors (Lipinski definition) is 6. The Morgan fingerprint density at radius 2 is 1.82 bits per heavy atom. The number of aryl methyl sites for hydroxylation is 1. The molecular formula is C25H29NO6S. The van der Waals surface area contributed by atoms with Gasteiger partial charge in [0.05, 0.1) is 30.7 Å². The minimum atomic E-state index is -1.03. The Morgan fingerprint density at radius 3 is 2.45 bits per heavy atom. The van der Waals surface area contributed by atoms with Crippen LogP contribution in [0.4, 0.5) is 5.00 Å². The highest BCUT2D eigenvalue weighted by Gasteiger charge is 2.55. The van der Waals surface area contributed by atoms with Crippen LogP contribution in [-0.4, -0.2) is 41.8 Å². The van der Waals surface area contributed by atoms with E-state index in [0.29, 0.717) is 29.0 Å². The van der Waals surface area contributed by atoms with Gasteiger partial charge in [-0.15, -0.1) is 11.3 Å². The van der Waals surface area contributed by atoms with E-state index in [0.717, 1.165) is 24.8 Å². The van der Waals surface area contributed by atoms with E-state index in [4.69, 9.17) is 9.47 Å². The standard InChI is InChI=1S/C25H29NO6S/c1-3-5-6-14-7-9-15(10-8-14)16-13-33-23(19(16)25(30)31-4-2)26-22(27)20-17-11-12-18(32-17)21(20)24(28)29/h7-10,13,17-18,20-21H,3-6,11-12H2,1-2H3,(H,26,27)(H,28,29). The van der Waals surface area contributed by atoms with Crippen LogP contribution >= 0.6 is 11.3 Å². The molecule has 4 atom stereocenters. The number of nitrogens with one attached hydrogen (secondary N) is 1. The third-order valence-electron chi connectivity index (χ3n) is 6.45. The lowest BCUT2D eigenvalue weighted by atomic mass is 9.79. The van der Waals surface area contributed by atoms with Crippen molar-refractivity contribution in [2.75, 3.05) is 11.9 Å². The average Bonchev–Trinajstić information content (AvgIpc) is 3.52. The molecule has 0 saturated carbocycles. The summed E-state index contributed by atoms with van der Waals surface area (Å²) in [4.78, 5) is 37.8. The molecule has 1 aromatic heterocycles. The van der Waals surface area contributed by atoms with E-state index < -0.39 is 41.9 Å². The van der Waals surface area contributed by atoms with Crippen molar-refractivity contribution in [2.24, 2.45) is 11.8 Å². The number of aliphatic carboxylic acids is 1. The molecular weight excluding hydrogens is 442 g/mol. The molecule has 1 aromatic carbocycles. The molecule has 4 unspecified atom stereocenters. The van der Waals surface area contributed by atoms with Crippen molar-refractivity contribution in [3.8, 4) is 11.1 Å². The van der Waals surface area contributed by atoms with Gasteiger partial charge in [-0.2, -0.15) is 0 Å². The first-order valence-corrected chi connectivity index (χ1v) is 12.4. The number of carbonyl (C=O) groups is 3. The van der Waals surface area contributed by atoms with E-state index in [1.54, 1.807) is 6.92 Å². The van der Waals surface area contributed by atoms with Crippen LogP contribution in [0.25, 0.3) is 11.1 Å². The van der Waals surface area contributed by atoms with Crippen molar-refractivity contribution in [1.82, 2.24) is 0 Å². The Morgan fingerprint density at radius 1 is 1.12 bits per heavy atom. The number of benzene rings is 1. The maximum Gasteiger partial charge on any atom is 0.341 e. The van der Waals surface area contributed by atoms with Crippen molar-refractivity contribution >= 4 is 34.2 Å². The first-order valence-electron chi connectivity index (χ1n) is 11.5. The molecule has 33 heavy (non-hydrogen) atoms. The predicted octanol–water partition coefficient (Wildman–Crippen LogP) is 4.75. The summed E-state index contributed by atoms with van der Waals surface area (Å²) in [6.07, 6.45) is 3.72. The number of hydrogen-bond donors (Lipinski definition) is 2. The van der Waals surface area contributed by atoms with Crippen LogP contribution in [0.5, 0.6) is 0 Å². The Hall–Kier alpha value is -2.71. The average molecular weight is 472 g/mol. The molecule has 0 spiro atoms. The Labute approximate surface area is 197 Å². The van der Waals surface area contributed by atoms with Crippen molar-refractivity contribution in [3.63, 3.8) is 0 Å². The third kappa shape index (κ3) is 4.68. The maximum absolute atomic E-state index is 13.1. The first-order chi connectivity index (χ1) is 15.9. The number of esters is 1. The van der Waals surface area contributed by atoms with E-state index >= 15 is 0 Å². The zero-order chi connectivity index (χ0) is 23.5. The van der Waals surface area contributed by atoms with Gasteiger partial charge in [-0.05, 0) is 43.7 Å². The van der Waals surface area contributed by atoms with Crippen LogP contribution < -0.4 is 5.32 Å². The van der Waals surface area contributed by atoms with E-state index in [1.165, 1.54) is 16.9 Å². The van der Waals surface area contributed by atoms with Gasteiger partial charge in [-0.25, -0.2) is 4.79 Å². The fraction of sp³-hybridized carbons (Fsp3) is 0.480. The fourth-order valence-electron chi connectivity index (χ4n) is 4.82. The Balaban J connectivity index is 1.61. The molecule has 8 heteroatoms. The van der Waals surface area contributed by atoms with Gasteiger partial charge in [0.1, 0.15) is 10.6 Å². The molecule has 7 nitrogen and oxygen atoms in total. The van der Waals surface area contributed by atoms with Gasteiger partial charge < -0.3 is 19.9 Å². The number of anilines is 1. The number of carboxylic acids is 1. The van der Waals surface area contributed by atoms with Gasteiger partial charge in [-0.3, -0.25) is 9.59 Å². The summed E-state index contributed by atoms with van der Waals surface area (Å²) >= 11 is 1.24. The third-order valence-corrected chi connectivity index (χ3v) is 7.35. The lowest BCUT2D eigenvalue weighted by Gasteiger charge is -2.23. The molecule has 4 rings (SSSR count). The van der Waals surface area contributed by atoms with Crippen LogP contribution in [-0.2, 0) is 25.5 Å². The number of carbonyl (C=O) groups excluding carboxylic acids is 2. The second-order valence-electron chi connectivity index (χ2n) is 8.54. The normalized spacial score (nSPS) is 23.5. The SMILES string of the molecule is CCCCc1ccc(-c2csc(NC(=O)C3C4CCC(O4)C3C(=O)O)c2C(=O)OCC)cc1. The molecule has 2 aromatic rings. The molecule has 3 heterocycles. The van der Waals surface area contributed by atoms with Crippen LogP contribution in [0.15, 0.2) is 29.6 Å². The summed E-state index contributed by atoms with van der Waals surface area (Å²) in [6.45, 7) is 4.09. The van der Waals surface area contributed by atoms with Gasteiger partial charge in [0.2, 0.25) is 5.91 Å². The van der Waals surface area contributed by atoms with Crippen molar-refractivity contribution < 1.29 is 29.0 Å². The number of amides is 1. The van der Waals surface area contributed by atoms with Gasteiger partial charge >= 0.3 is 11.9 Å². The van der Waals surface area contributed by atoms with Crippen molar-refractivity contribution in [3.05, 3.63) is 40.8 Å². The van der Waals surface area contributed by atoms with Crippen LogP contribution in [0, 0.1) is 11.8 Å². The molecule has 2 bridgehead atoms. The first kappa shape index (κ1) is 23.4. The zero-order valence-corrected chi connectivity index (χ0v) is 19.7. The highest BCUT2D eigenvalue weighted by Crippen LogP contribution is 2.45. The summed E-state index contributed by atoms with van der Waals surface area (Å²) in [5, 5.41) is 14.7. The van der Waals surface area contributed by atoms with Crippen LogP contribution in [0.2, 0.25) is 0 Å². The van der Waals surface area contributed by atoms with Crippen LogP contribution in [0.1, 0.15) is 55.5 Å². The number of thiophene rings is 1. The number of carboxylic acid groups (broad SMARTS) is 1. The molecule has 2 saturated heterocycles. The predicted molar refractivity (Wildman–Crippen MR) is 125 cm³/mol. The number of ether oxygens (including phenoxy) is 2. The quantitative estimate of drug-likeness (QED) is 0.512. The monoisotopic (exact) mass is 471 g/mol. The minimum Gasteiger partial charge on any atom is -0.481 e. The molecule has 2 aliphatic heterocycles. The zero-order valence-electron chi connectivity index (χ0n) is 18.8. The molecule has 176 valence electrons. The van der Waals surface area contributed by atoms with E-state index in [9.17, 15) is 19.5 Å². The van der Waals surface area contributed by atoms with Crippen molar-refractivity contribution in [1.29, 1.82) is 0 Å². The lowest BCUT2D eigenvalue weighted by molar-refractivity contribution is -0.147. The largest absolute Gasteiger partial charge is 0.481 e. The van der Waals surface area contributed by atoms with E-state index in [1.807, 2.05) is 17.5 Å². The van der Waals surface area contributed by atoms with Gasteiger partial charge in [0, 0.05) is 10.9 Å².